The second-order valence-electron chi connectivity index (χ2n) is 5.16. The highest BCUT2D eigenvalue weighted by molar-refractivity contribution is 5.40. The lowest BCUT2D eigenvalue weighted by atomic mass is 10.0. The molecule has 1 aliphatic heterocycles. The Labute approximate surface area is 118 Å². The fourth-order valence-electron chi connectivity index (χ4n) is 2.50. The fourth-order valence-corrected chi connectivity index (χ4v) is 2.50. The first-order valence-electron chi connectivity index (χ1n) is 6.96. The molecule has 0 fully saturated rings. The third-order valence-corrected chi connectivity index (χ3v) is 3.77. The van der Waals surface area contributed by atoms with E-state index in [0.29, 0.717) is 12.1 Å². The van der Waals surface area contributed by atoms with Crippen LogP contribution >= 0.6 is 0 Å². The molecule has 1 heterocycles. The molecule has 0 spiro atoms. The van der Waals surface area contributed by atoms with E-state index in [1.807, 2.05) is 18.2 Å². The first-order chi connectivity index (χ1) is 9.74. The van der Waals surface area contributed by atoms with Gasteiger partial charge >= 0.3 is 0 Å². The number of rotatable bonds is 4. The van der Waals surface area contributed by atoms with Crippen LogP contribution in [0.4, 0.5) is 4.39 Å². The van der Waals surface area contributed by atoms with Crippen molar-refractivity contribution in [2.75, 3.05) is 6.61 Å². The normalized spacial score (nSPS) is 14.7. The molecule has 104 valence electrons. The SMILES string of the molecule is CC(NCc1ccccc1F)c1ccc2c(c1)CCO2. The van der Waals surface area contributed by atoms with E-state index in [1.165, 1.54) is 17.2 Å². The van der Waals surface area contributed by atoms with Gasteiger partial charge in [-0.3, -0.25) is 0 Å². The third kappa shape index (κ3) is 2.68. The molecule has 0 bridgehead atoms. The summed E-state index contributed by atoms with van der Waals surface area (Å²) in [5.41, 5.74) is 3.18. The van der Waals surface area contributed by atoms with Crippen LogP contribution in [0.2, 0.25) is 0 Å². The second-order valence-corrected chi connectivity index (χ2v) is 5.16. The predicted octanol–water partition coefficient (Wildman–Crippen LogP) is 3.61. The maximum atomic E-state index is 13.6. The summed E-state index contributed by atoms with van der Waals surface area (Å²) in [5, 5.41) is 3.37. The second kappa shape index (κ2) is 5.63. The highest BCUT2D eigenvalue weighted by atomic mass is 19.1. The Morgan fingerprint density at radius 3 is 2.95 bits per heavy atom. The standard InChI is InChI=1S/C17H18FNO/c1-12(19-11-15-4-2-3-5-16(15)18)13-6-7-17-14(10-13)8-9-20-17/h2-7,10,12,19H,8-9,11H2,1H3. The molecule has 0 saturated heterocycles. The lowest BCUT2D eigenvalue weighted by Gasteiger charge is -2.15. The molecule has 1 unspecified atom stereocenters. The first-order valence-corrected chi connectivity index (χ1v) is 6.96. The highest BCUT2D eigenvalue weighted by Gasteiger charge is 2.14. The molecule has 1 N–H and O–H groups in total. The minimum absolute atomic E-state index is 0.158. The molecule has 3 heteroatoms. The number of fused-ring (bicyclic) bond motifs is 1. The molecule has 20 heavy (non-hydrogen) atoms. The minimum Gasteiger partial charge on any atom is -0.493 e. The molecule has 1 aliphatic rings. The summed E-state index contributed by atoms with van der Waals surface area (Å²) in [5.74, 6) is 0.838. The monoisotopic (exact) mass is 271 g/mol. The van der Waals surface area contributed by atoms with Crippen LogP contribution < -0.4 is 10.1 Å². The molecule has 0 aliphatic carbocycles. The van der Waals surface area contributed by atoms with Crippen molar-refractivity contribution in [3.05, 3.63) is 65.0 Å². The largest absolute Gasteiger partial charge is 0.493 e. The van der Waals surface area contributed by atoms with Crippen LogP contribution in [-0.4, -0.2) is 6.61 Å². The minimum atomic E-state index is -0.158. The lowest BCUT2D eigenvalue weighted by molar-refractivity contribution is 0.356. The quantitative estimate of drug-likeness (QED) is 0.917. The van der Waals surface area contributed by atoms with Crippen LogP contribution in [-0.2, 0) is 13.0 Å². The summed E-state index contributed by atoms with van der Waals surface area (Å²) < 4.78 is 19.1. The molecule has 0 aromatic heterocycles. The van der Waals surface area contributed by atoms with E-state index >= 15 is 0 Å². The Bertz CT molecular complexity index is 612. The number of benzene rings is 2. The van der Waals surface area contributed by atoms with Gasteiger partial charge in [-0.05, 0) is 30.2 Å². The predicted molar refractivity (Wildman–Crippen MR) is 77.3 cm³/mol. The molecule has 0 radical (unpaired) electrons. The summed E-state index contributed by atoms with van der Waals surface area (Å²) in [4.78, 5) is 0. The van der Waals surface area contributed by atoms with Gasteiger partial charge in [0.2, 0.25) is 0 Å². The van der Waals surface area contributed by atoms with E-state index < -0.39 is 0 Å². The van der Waals surface area contributed by atoms with Crippen LogP contribution in [0.5, 0.6) is 5.75 Å². The molecule has 2 aromatic carbocycles. The van der Waals surface area contributed by atoms with E-state index in [2.05, 4.69) is 24.4 Å². The Morgan fingerprint density at radius 2 is 2.10 bits per heavy atom. The molecular weight excluding hydrogens is 253 g/mol. The van der Waals surface area contributed by atoms with Gasteiger partial charge in [0.25, 0.3) is 0 Å². The average molecular weight is 271 g/mol. The van der Waals surface area contributed by atoms with Crippen molar-refractivity contribution in [3.8, 4) is 5.75 Å². The van der Waals surface area contributed by atoms with Gasteiger partial charge in [-0.2, -0.15) is 0 Å². The summed E-state index contributed by atoms with van der Waals surface area (Å²) in [6.07, 6.45) is 0.975. The lowest BCUT2D eigenvalue weighted by Crippen LogP contribution is -2.18. The van der Waals surface area contributed by atoms with Crippen molar-refractivity contribution >= 4 is 0 Å². The molecule has 0 saturated carbocycles. The molecule has 2 nitrogen and oxygen atoms in total. The molecule has 1 atom stereocenters. The average Bonchev–Trinajstić information content (AvgIpc) is 2.93. The van der Waals surface area contributed by atoms with Crippen LogP contribution in [0.15, 0.2) is 42.5 Å². The van der Waals surface area contributed by atoms with Gasteiger partial charge < -0.3 is 10.1 Å². The van der Waals surface area contributed by atoms with Gasteiger partial charge in [0.05, 0.1) is 6.61 Å². The Balaban J connectivity index is 1.67. The Hall–Kier alpha value is -1.87. The number of halogens is 1. The van der Waals surface area contributed by atoms with E-state index in [1.54, 1.807) is 6.07 Å². The number of hydrogen-bond acceptors (Lipinski definition) is 2. The summed E-state index contributed by atoms with van der Waals surface area (Å²) >= 11 is 0. The first kappa shape index (κ1) is 13.1. The van der Waals surface area contributed by atoms with E-state index in [4.69, 9.17) is 4.74 Å². The zero-order valence-electron chi connectivity index (χ0n) is 11.5. The van der Waals surface area contributed by atoms with Crippen LogP contribution in [0.1, 0.15) is 29.7 Å². The highest BCUT2D eigenvalue weighted by Crippen LogP contribution is 2.28. The fraction of sp³-hybridized carbons (Fsp3) is 0.294. The zero-order chi connectivity index (χ0) is 13.9. The van der Waals surface area contributed by atoms with Gasteiger partial charge in [0.1, 0.15) is 11.6 Å². The van der Waals surface area contributed by atoms with Crippen LogP contribution in [0, 0.1) is 5.82 Å². The van der Waals surface area contributed by atoms with Gasteiger partial charge in [-0.1, -0.05) is 30.3 Å². The van der Waals surface area contributed by atoms with Gasteiger partial charge in [-0.15, -0.1) is 0 Å². The van der Waals surface area contributed by atoms with Crippen molar-refractivity contribution in [2.45, 2.75) is 25.9 Å². The van der Waals surface area contributed by atoms with Gasteiger partial charge in [0.15, 0.2) is 0 Å². The maximum Gasteiger partial charge on any atom is 0.127 e. The Kier molecular flexibility index (Phi) is 3.70. The third-order valence-electron chi connectivity index (χ3n) is 3.77. The van der Waals surface area contributed by atoms with Crippen LogP contribution in [0.3, 0.4) is 0 Å². The number of nitrogens with one attached hydrogen (secondary N) is 1. The van der Waals surface area contributed by atoms with Crippen molar-refractivity contribution in [3.63, 3.8) is 0 Å². The molecule has 3 rings (SSSR count). The van der Waals surface area contributed by atoms with Crippen molar-refractivity contribution in [1.29, 1.82) is 0 Å². The number of hydrogen-bond donors (Lipinski definition) is 1. The van der Waals surface area contributed by atoms with Crippen molar-refractivity contribution < 1.29 is 9.13 Å². The summed E-state index contributed by atoms with van der Waals surface area (Å²) in [6.45, 7) is 3.40. The van der Waals surface area contributed by atoms with Crippen molar-refractivity contribution in [2.24, 2.45) is 0 Å². The van der Waals surface area contributed by atoms with Crippen molar-refractivity contribution in [1.82, 2.24) is 5.32 Å². The van der Waals surface area contributed by atoms with Crippen LogP contribution in [0.25, 0.3) is 0 Å². The summed E-state index contributed by atoms with van der Waals surface area (Å²) in [7, 11) is 0. The van der Waals surface area contributed by atoms with Gasteiger partial charge in [0, 0.05) is 24.6 Å². The molecular formula is C17H18FNO. The van der Waals surface area contributed by atoms with E-state index in [9.17, 15) is 4.39 Å². The zero-order valence-corrected chi connectivity index (χ0v) is 11.5. The van der Waals surface area contributed by atoms with E-state index in [-0.39, 0.29) is 11.9 Å². The molecule has 2 aromatic rings. The van der Waals surface area contributed by atoms with Gasteiger partial charge in [-0.25, -0.2) is 4.39 Å². The topological polar surface area (TPSA) is 21.3 Å². The smallest absolute Gasteiger partial charge is 0.127 e. The maximum absolute atomic E-state index is 13.6. The molecule has 0 amide bonds. The summed E-state index contributed by atoms with van der Waals surface area (Å²) in [6, 6.07) is 13.3. The van der Waals surface area contributed by atoms with E-state index in [0.717, 1.165) is 18.8 Å². The number of ether oxygens (including phenoxy) is 1. The Morgan fingerprint density at radius 1 is 1.25 bits per heavy atom.